The van der Waals surface area contributed by atoms with Gasteiger partial charge in [0.15, 0.2) is 17.3 Å². The SMILES string of the molecule is C/C=C\C=C/c1cnc(C(=O)C2CCN(CCC3(c4ccc(Cl)c(Cl)c4)CCCN(C(=O)c4cc(OC)c(OC)c(OC)c4)C3)CC2)n1Cc1ccc(F)cc1. The minimum absolute atomic E-state index is 0.0259. The number of halogens is 3. The molecule has 2 saturated heterocycles. The zero-order chi connectivity index (χ0) is 39.8. The van der Waals surface area contributed by atoms with E-state index in [9.17, 15) is 14.0 Å². The van der Waals surface area contributed by atoms with Gasteiger partial charge < -0.3 is 28.6 Å². The zero-order valence-corrected chi connectivity index (χ0v) is 33.9. The van der Waals surface area contributed by atoms with Crippen LogP contribution in [-0.4, -0.2) is 85.1 Å². The molecule has 12 heteroatoms. The zero-order valence-electron chi connectivity index (χ0n) is 32.4. The molecule has 1 atom stereocenters. The fraction of sp³-hybridized carbons (Fsp3) is 0.386. The molecule has 0 radical (unpaired) electrons. The van der Waals surface area contributed by atoms with Gasteiger partial charge in [-0.2, -0.15) is 0 Å². The molecule has 1 unspecified atom stereocenters. The third-order valence-corrected chi connectivity index (χ3v) is 11.8. The van der Waals surface area contributed by atoms with Gasteiger partial charge in [-0.1, -0.05) is 59.6 Å². The predicted molar refractivity (Wildman–Crippen MR) is 219 cm³/mol. The highest BCUT2D eigenvalue weighted by Crippen LogP contribution is 2.42. The molecule has 0 bridgehead atoms. The maximum absolute atomic E-state index is 14.2. The molecule has 0 saturated carbocycles. The summed E-state index contributed by atoms with van der Waals surface area (Å²) in [7, 11) is 4.60. The molecule has 296 valence electrons. The lowest BCUT2D eigenvalue weighted by Gasteiger charge is -2.45. The first-order valence-corrected chi connectivity index (χ1v) is 19.8. The predicted octanol–water partition coefficient (Wildman–Crippen LogP) is 9.15. The van der Waals surface area contributed by atoms with E-state index in [0.717, 1.165) is 55.7 Å². The highest BCUT2D eigenvalue weighted by Gasteiger charge is 2.40. The molecule has 0 aliphatic carbocycles. The van der Waals surface area contributed by atoms with Crippen LogP contribution in [0.25, 0.3) is 6.08 Å². The molecular formula is C44H49Cl2FN4O5. The number of allylic oxidation sites excluding steroid dienone is 3. The summed E-state index contributed by atoms with van der Waals surface area (Å²) in [5, 5.41) is 0.965. The first-order valence-electron chi connectivity index (χ1n) is 19.0. The van der Waals surface area contributed by atoms with Crippen molar-refractivity contribution < 1.29 is 28.2 Å². The van der Waals surface area contributed by atoms with Crippen LogP contribution in [0.2, 0.25) is 10.0 Å². The molecule has 0 spiro atoms. The molecule has 2 aliphatic rings. The normalized spacial score (nSPS) is 18.2. The fourth-order valence-corrected chi connectivity index (χ4v) is 8.30. The molecule has 4 aromatic rings. The Morgan fingerprint density at radius 1 is 0.929 bits per heavy atom. The molecule has 2 aliphatic heterocycles. The van der Waals surface area contributed by atoms with E-state index < -0.39 is 0 Å². The lowest BCUT2D eigenvalue weighted by atomic mass is 9.71. The van der Waals surface area contributed by atoms with Crippen LogP contribution in [0.3, 0.4) is 0 Å². The van der Waals surface area contributed by atoms with E-state index in [4.69, 9.17) is 37.4 Å². The number of carbonyl (C=O) groups is 2. The van der Waals surface area contributed by atoms with Crippen molar-refractivity contribution in [2.75, 3.05) is 54.1 Å². The van der Waals surface area contributed by atoms with Gasteiger partial charge in [-0.05, 0) is 112 Å². The largest absolute Gasteiger partial charge is 0.493 e. The van der Waals surface area contributed by atoms with Crippen LogP contribution in [0.5, 0.6) is 17.2 Å². The maximum Gasteiger partial charge on any atom is 0.254 e. The quantitative estimate of drug-likeness (QED) is 0.0929. The van der Waals surface area contributed by atoms with Crippen molar-refractivity contribution in [3.05, 3.63) is 123 Å². The minimum atomic E-state index is -0.378. The molecule has 56 heavy (non-hydrogen) atoms. The summed E-state index contributed by atoms with van der Waals surface area (Å²) in [5.41, 5.74) is 2.82. The van der Waals surface area contributed by atoms with E-state index >= 15 is 0 Å². The molecule has 2 fully saturated rings. The molecule has 1 amide bonds. The highest BCUT2D eigenvalue weighted by atomic mass is 35.5. The number of ether oxygens (including phenoxy) is 3. The van der Waals surface area contributed by atoms with Crippen LogP contribution in [0, 0.1) is 11.7 Å². The number of hydrogen-bond donors (Lipinski definition) is 0. The number of likely N-dealkylation sites (tertiary alicyclic amines) is 2. The summed E-state index contributed by atoms with van der Waals surface area (Å²) in [6.07, 6.45) is 13.3. The Balaban J connectivity index is 1.17. The average molecular weight is 804 g/mol. The van der Waals surface area contributed by atoms with Crippen LogP contribution < -0.4 is 14.2 Å². The van der Waals surface area contributed by atoms with Crippen molar-refractivity contribution in [3.63, 3.8) is 0 Å². The summed E-state index contributed by atoms with van der Waals surface area (Å²) in [6, 6.07) is 15.5. The van der Waals surface area contributed by atoms with Crippen molar-refractivity contribution in [3.8, 4) is 17.2 Å². The number of amides is 1. The van der Waals surface area contributed by atoms with Crippen LogP contribution in [-0.2, 0) is 12.0 Å². The molecule has 0 N–H and O–H groups in total. The number of piperidine rings is 2. The number of methoxy groups -OCH3 is 3. The summed E-state index contributed by atoms with van der Waals surface area (Å²) >= 11 is 13.0. The van der Waals surface area contributed by atoms with E-state index in [1.165, 1.54) is 33.5 Å². The van der Waals surface area contributed by atoms with E-state index in [0.29, 0.717) is 71.2 Å². The maximum atomic E-state index is 14.2. The van der Waals surface area contributed by atoms with Gasteiger partial charge >= 0.3 is 0 Å². The number of aromatic nitrogens is 2. The standard InChI is InChI=1S/C44H49Cl2FN4O5/c1-5-6-7-9-35-27-48-42(51(35)28-30-10-13-34(47)14-11-30)40(52)31-16-21-49(22-17-31)23-19-44(33-12-15-36(45)37(46)26-33)18-8-20-50(29-44)43(53)32-24-38(54-2)41(56-4)39(25-32)55-3/h5-7,9-15,24-27,31H,8,16-23,28-29H2,1-4H3/b6-5-,9-7-. The Bertz CT molecular complexity index is 2050. The number of rotatable bonds is 14. The Kier molecular flexibility index (Phi) is 13.6. The van der Waals surface area contributed by atoms with Gasteiger partial charge in [-0.3, -0.25) is 9.59 Å². The van der Waals surface area contributed by atoms with Crippen molar-refractivity contribution in [1.82, 2.24) is 19.4 Å². The number of imidazole rings is 1. The summed E-state index contributed by atoms with van der Waals surface area (Å²) < 4.78 is 32.2. The second-order valence-corrected chi connectivity index (χ2v) is 15.3. The van der Waals surface area contributed by atoms with E-state index in [1.807, 2.05) is 58.9 Å². The number of hydrogen-bond acceptors (Lipinski definition) is 7. The molecule has 6 rings (SSSR count). The lowest BCUT2D eigenvalue weighted by Crippen LogP contribution is -2.50. The molecule has 3 heterocycles. The van der Waals surface area contributed by atoms with E-state index in [-0.39, 0.29) is 28.8 Å². The second-order valence-electron chi connectivity index (χ2n) is 14.5. The van der Waals surface area contributed by atoms with Crippen LogP contribution in [0.1, 0.15) is 76.8 Å². The van der Waals surface area contributed by atoms with E-state index in [2.05, 4.69) is 9.88 Å². The monoisotopic (exact) mass is 802 g/mol. The van der Waals surface area contributed by atoms with Crippen LogP contribution in [0.4, 0.5) is 4.39 Å². The molecule has 9 nitrogen and oxygen atoms in total. The van der Waals surface area contributed by atoms with Crippen molar-refractivity contribution in [2.24, 2.45) is 5.92 Å². The van der Waals surface area contributed by atoms with Gasteiger partial charge in [0.05, 0.1) is 43.3 Å². The summed E-state index contributed by atoms with van der Waals surface area (Å²) in [6.45, 7) is 5.76. The summed E-state index contributed by atoms with van der Waals surface area (Å²) in [4.78, 5) is 37.2. The Hall–Kier alpha value is -4.64. The number of ketones is 1. The van der Waals surface area contributed by atoms with Gasteiger partial charge in [-0.15, -0.1) is 0 Å². The third-order valence-electron chi connectivity index (χ3n) is 11.1. The fourth-order valence-electron chi connectivity index (χ4n) is 8.00. The molecular weight excluding hydrogens is 754 g/mol. The Labute approximate surface area is 338 Å². The lowest BCUT2D eigenvalue weighted by molar-refractivity contribution is 0.0600. The van der Waals surface area contributed by atoms with Crippen molar-refractivity contribution in [1.29, 1.82) is 0 Å². The van der Waals surface area contributed by atoms with E-state index in [1.54, 1.807) is 30.5 Å². The van der Waals surface area contributed by atoms with Crippen LogP contribution in [0.15, 0.2) is 79.0 Å². The van der Waals surface area contributed by atoms with Gasteiger partial charge in [0, 0.05) is 36.5 Å². The highest BCUT2D eigenvalue weighted by molar-refractivity contribution is 6.42. The Morgan fingerprint density at radius 2 is 1.64 bits per heavy atom. The number of benzene rings is 3. The summed E-state index contributed by atoms with van der Waals surface area (Å²) in [5.74, 6) is 1.13. The van der Waals surface area contributed by atoms with Gasteiger partial charge in [-0.25, -0.2) is 9.37 Å². The first-order chi connectivity index (χ1) is 27.1. The van der Waals surface area contributed by atoms with Crippen molar-refractivity contribution in [2.45, 2.75) is 51.0 Å². The second kappa shape index (κ2) is 18.5. The van der Waals surface area contributed by atoms with Crippen molar-refractivity contribution >= 4 is 41.0 Å². The molecule has 1 aromatic heterocycles. The minimum Gasteiger partial charge on any atom is -0.493 e. The number of nitrogens with zero attached hydrogens (tertiary/aromatic N) is 4. The first kappa shape index (κ1) is 41.0. The number of carbonyl (C=O) groups excluding carboxylic acids is 2. The molecule has 3 aromatic carbocycles. The smallest absolute Gasteiger partial charge is 0.254 e. The van der Waals surface area contributed by atoms with Gasteiger partial charge in [0.25, 0.3) is 5.91 Å². The topological polar surface area (TPSA) is 86.1 Å². The number of Topliss-reactive ketones (excluding diaryl/α,β-unsaturated/α-hetero) is 1. The van der Waals surface area contributed by atoms with Gasteiger partial charge in [0.2, 0.25) is 11.5 Å². The van der Waals surface area contributed by atoms with Gasteiger partial charge in [0.1, 0.15) is 5.82 Å². The Morgan fingerprint density at radius 3 is 2.29 bits per heavy atom. The third kappa shape index (κ3) is 9.14. The average Bonchev–Trinajstić information content (AvgIpc) is 3.62. The van der Waals surface area contributed by atoms with Crippen LogP contribution >= 0.6 is 23.2 Å².